The summed E-state index contributed by atoms with van der Waals surface area (Å²) in [6, 6.07) is 15.5. The van der Waals surface area contributed by atoms with Crippen molar-refractivity contribution in [2.45, 2.75) is 6.42 Å². The molecule has 0 aliphatic carbocycles. The van der Waals surface area contributed by atoms with Gasteiger partial charge >= 0.3 is 0 Å². The number of thiazole rings is 1. The largest absolute Gasteiger partial charge is 0.330 e. The Balaban J connectivity index is 1.39. The summed E-state index contributed by atoms with van der Waals surface area (Å²) in [4.78, 5) is 21.8. The molecule has 0 unspecified atom stereocenters. The summed E-state index contributed by atoms with van der Waals surface area (Å²) in [7, 11) is 0. The molecule has 0 fully saturated rings. The fourth-order valence-corrected chi connectivity index (χ4v) is 3.97. The van der Waals surface area contributed by atoms with Crippen LogP contribution in [0.3, 0.4) is 0 Å². The van der Waals surface area contributed by atoms with Crippen LogP contribution in [0.1, 0.15) is 4.88 Å². The zero-order valence-corrected chi connectivity index (χ0v) is 15.9. The van der Waals surface area contributed by atoms with E-state index in [1.807, 2.05) is 59.3 Å². The number of nitrogens with zero attached hydrogens (tertiary/aromatic N) is 2. The highest BCUT2D eigenvalue weighted by atomic mass is 32.1. The summed E-state index contributed by atoms with van der Waals surface area (Å²) in [6.45, 7) is 0. The Morgan fingerprint density at radius 1 is 1.00 bits per heavy atom. The fraction of sp³-hybridized carbons (Fsp3) is 0.0500. The Morgan fingerprint density at radius 2 is 1.89 bits per heavy atom. The number of aromatic nitrogens is 2. The molecule has 4 aromatic rings. The second-order valence-corrected chi connectivity index (χ2v) is 7.68. The van der Waals surface area contributed by atoms with Crippen LogP contribution >= 0.6 is 22.7 Å². The number of thiophene rings is 1. The average Bonchev–Trinajstić information content (AvgIpc) is 3.35. The van der Waals surface area contributed by atoms with Gasteiger partial charge in [0, 0.05) is 27.7 Å². The maximum atomic E-state index is 12.1. The number of anilines is 3. The van der Waals surface area contributed by atoms with Crippen molar-refractivity contribution >= 4 is 45.1 Å². The van der Waals surface area contributed by atoms with Crippen LogP contribution in [0.4, 0.5) is 16.5 Å². The Labute approximate surface area is 164 Å². The second kappa shape index (κ2) is 8.11. The molecular weight excluding hydrogens is 376 g/mol. The number of carbonyl (C=O) groups is 1. The van der Waals surface area contributed by atoms with Gasteiger partial charge in [0.05, 0.1) is 24.0 Å². The standard InChI is InChI=1S/C20H16N4OS2/c25-19(11-17-4-2-10-26-17)22-15-7-5-14(6-8-15)18-13-27-20(24-18)23-16-3-1-9-21-12-16/h1-10,12-13H,11H2,(H,22,25)(H,23,24). The molecule has 0 radical (unpaired) electrons. The first-order valence-electron chi connectivity index (χ1n) is 8.31. The van der Waals surface area contributed by atoms with Crippen LogP contribution in [0.25, 0.3) is 11.3 Å². The molecule has 3 aromatic heterocycles. The number of carbonyl (C=O) groups excluding carboxylic acids is 1. The minimum Gasteiger partial charge on any atom is -0.330 e. The summed E-state index contributed by atoms with van der Waals surface area (Å²) in [5, 5.41) is 11.0. The second-order valence-electron chi connectivity index (χ2n) is 5.79. The van der Waals surface area contributed by atoms with Crippen molar-refractivity contribution < 1.29 is 4.79 Å². The van der Waals surface area contributed by atoms with Gasteiger partial charge in [-0.2, -0.15) is 0 Å². The Bertz CT molecular complexity index is 1010. The zero-order chi connectivity index (χ0) is 18.5. The quantitative estimate of drug-likeness (QED) is 0.474. The summed E-state index contributed by atoms with van der Waals surface area (Å²) in [5.74, 6) is -0.0122. The van der Waals surface area contributed by atoms with Crippen molar-refractivity contribution in [3.63, 3.8) is 0 Å². The molecule has 2 N–H and O–H groups in total. The van der Waals surface area contributed by atoms with Crippen LogP contribution in [0.2, 0.25) is 0 Å². The molecular formula is C20H16N4OS2. The normalized spacial score (nSPS) is 10.5. The van der Waals surface area contributed by atoms with Crippen molar-refractivity contribution in [2.75, 3.05) is 10.6 Å². The molecule has 0 saturated heterocycles. The van der Waals surface area contributed by atoms with Gasteiger partial charge in [-0.25, -0.2) is 4.98 Å². The molecule has 0 spiro atoms. The van der Waals surface area contributed by atoms with Crippen LogP contribution in [0.5, 0.6) is 0 Å². The van der Waals surface area contributed by atoms with Gasteiger partial charge in [0.1, 0.15) is 0 Å². The molecule has 1 amide bonds. The maximum Gasteiger partial charge on any atom is 0.229 e. The van der Waals surface area contributed by atoms with Gasteiger partial charge in [0.2, 0.25) is 5.91 Å². The van der Waals surface area contributed by atoms with Gasteiger partial charge in [-0.3, -0.25) is 9.78 Å². The van der Waals surface area contributed by atoms with Gasteiger partial charge in [0.15, 0.2) is 5.13 Å². The molecule has 134 valence electrons. The molecule has 3 heterocycles. The van der Waals surface area contributed by atoms with Crippen molar-refractivity contribution in [3.8, 4) is 11.3 Å². The average molecular weight is 393 g/mol. The van der Waals surface area contributed by atoms with Crippen molar-refractivity contribution in [1.82, 2.24) is 9.97 Å². The maximum absolute atomic E-state index is 12.1. The van der Waals surface area contributed by atoms with Crippen molar-refractivity contribution in [2.24, 2.45) is 0 Å². The van der Waals surface area contributed by atoms with Gasteiger partial charge in [-0.15, -0.1) is 22.7 Å². The Hall–Kier alpha value is -3.03. The third-order valence-electron chi connectivity index (χ3n) is 3.80. The molecule has 27 heavy (non-hydrogen) atoms. The third kappa shape index (κ3) is 4.58. The van der Waals surface area contributed by atoms with Gasteiger partial charge in [0.25, 0.3) is 0 Å². The minimum atomic E-state index is -0.0122. The highest BCUT2D eigenvalue weighted by molar-refractivity contribution is 7.14. The van der Waals surface area contributed by atoms with E-state index in [-0.39, 0.29) is 5.91 Å². The number of rotatable bonds is 6. The summed E-state index contributed by atoms with van der Waals surface area (Å²) in [6.07, 6.45) is 3.89. The molecule has 0 saturated carbocycles. The van der Waals surface area contributed by atoms with E-state index in [1.165, 1.54) is 11.3 Å². The SMILES string of the molecule is O=C(Cc1cccs1)Nc1ccc(-c2csc(Nc3cccnc3)n2)cc1. The lowest BCUT2D eigenvalue weighted by molar-refractivity contribution is -0.115. The highest BCUT2D eigenvalue weighted by Crippen LogP contribution is 2.27. The van der Waals surface area contributed by atoms with E-state index in [2.05, 4.69) is 20.6 Å². The van der Waals surface area contributed by atoms with Crippen LogP contribution in [-0.4, -0.2) is 15.9 Å². The number of hydrogen-bond donors (Lipinski definition) is 2. The van der Waals surface area contributed by atoms with Crippen molar-refractivity contribution in [3.05, 3.63) is 76.6 Å². The number of nitrogens with one attached hydrogen (secondary N) is 2. The van der Waals surface area contributed by atoms with Crippen LogP contribution in [0, 0.1) is 0 Å². The molecule has 0 aliphatic heterocycles. The van der Waals surface area contributed by atoms with E-state index < -0.39 is 0 Å². The monoisotopic (exact) mass is 392 g/mol. The summed E-state index contributed by atoms with van der Waals surface area (Å²) >= 11 is 3.12. The van der Waals surface area contributed by atoms with Crippen LogP contribution < -0.4 is 10.6 Å². The number of pyridine rings is 1. The molecule has 0 atom stereocenters. The summed E-state index contributed by atoms with van der Waals surface area (Å²) in [5.41, 5.74) is 3.58. The van der Waals surface area contributed by atoms with E-state index in [0.29, 0.717) is 6.42 Å². The molecule has 4 rings (SSSR count). The fourth-order valence-electron chi connectivity index (χ4n) is 2.52. The van der Waals surface area contributed by atoms with E-state index in [1.54, 1.807) is 23.7 Å². The lowest BCUT2D eigenvalue weighted by Gasteiger charge is -2.05. The molecule has 0 aliphatic rings. The van der Waals surface area contributed by atoms with E-state index in [4.69, 9.17) is 0 Å². The van der Waals surface area contributed by atoms with Gasteiger partial charge < -0.3 is 10.6 Å². The van der Waals surface area contributed by atoms with E-state index in [9.17, 15) is 4.79 Å². The topological polar surface area (TPSA) is 66.9 Å². The predicted molar refractivity (Wildman–Crippen MR) is 112 cm³/mol. The van der Waals surface area contributed by atoms with Crippen molar-refractivity contribution in [1.29, 1.82) is 0 Å². The first kappa shape index (κ1) is 17.4. The smallest absolute Gasteiger partial charge is 0.229 e. The molecule has 7 heteroatoms. The van der Waals surface area contributed by atoms with E-state index >= 15 is 0 Å². The first-order valence-corrected chi connectivity index (χ1v) is 10.1. The predicted octanol–water partition coefficient (Wildman–Crippen LogP) is 5.19. The van der Waals surface area contributed by atoms with Crippen LogP contribution in [-0.2, 0) is 11.2 Å². The highest BCUT2D eigenvalue weighted by Gasteiger charge is 2.07. The van der Waals surface area contributed by atoms with Crippen LogP contribution in [0.15, 0.2) is 71.7 Å². The Kier molecular flexibility index (Phi) is 5.22. The first-order chi connectivity index (χ1) is 13.3. The molecule has 5 nitrogen and oxygen atoms in total. The van der Waals surface area contributed by atoms with Gasteiger partial charge in [-0.05, 0) is 35.7 Å². The van der Waals surface area contributed by atoms with Gasteiger partial charge in [-0.1, -0.05) is 18.2 Å². The molecule has 1 aromatic carbocycles. The lowest BCUT2D eigenvalue weighted by atomic mass is 10.1. The lowest BCUT2D eigenvalue weighted by Crippen LogP contribution is -2.13. The number of amides is 1. The minimum absolute atomic E-state index is 0.0122. The Morgan fingerprint density at radius 3 is 2.63 bits per heavy atom. The zero-order valence-electron chi connectivity index (χ0n) is 14.3. The molecule has 0 bridgehead atoms. The number of hydrogen-bond acceptors (Lipinski definition) is 6. The number of benzene rings is 1. The van der Waals surface area contributed by atoms with E-state index in [0.717, 1.165) is 32.6 Å². The third-order valence-corrected chi connectivity index (χ3v) is 5.43. The summed E-state index contributed by atoms with van der Waals surface area (Å²) < 4.78 is 0.